The maximum Gasteiger partial charge on any atom is 0.0885 e. The highest BCUT2D eigenvalue weighted by Crippen LogP contribution is 2.24. The van der Waals surface area contributed by atoms with Crippen molar-refractivity contribution in [1.29, 1.82) is 0 Å². The Morgan fingerprint density at radius 3 is 2.86 bits per heavy atom. The topological polar surface area (TPSA) is 34.0 Å². The third-order valence-electron chi connectivity index (χ3n) is 4.71. The van der Waals surface area contributed by atoms with Crippen LogP contribution in [0.4, 0.5) is 0 Å². The summed E-state index contributed by atoms with van der Waals surface area (Å²) in [5, 5.41) is 4.24. The summed E-state index contributed by atoms with van der Waals surface area (Å²) in [5.41, 5.74) is 3.49. The van der Waals surface area contributed by atoms with Crippen molar-refractivity contribution in [3.8, 4) is 11.4 Å². The lowest BCUT2D eigenvalue weighted by atomic mass is 9.90. The number of aromatic nitrogens is 3. The van der Waals surface area contributed by atoms with Crippen LogP contribution >= 0.6 is 0 Å². The van der Waals surface area contributed by atoms with Crippen LogP contribution in [0.15, 0.2) is 30.6 Å². The lowest BCUT2D eigenvalue weighted by Gasteiger charge is -2.35. The van der Waals surface area contributed by atoms with Gasteiger partial charge in [-0.1, -0.05) is 0 Å². The van der Waals surface area contributed by atoms with Crippen LogP contribution in [-0.2, 0) is 13.5 Å². The molecule has 2 aromatic heterocycles. The largest absolute Gasteiger partial charge is 0.301 e. The van der Waals surface area contributed by atoms with Crippen LogP contribution in [0.5, 0.6) is 0 Å². The van der Waals surface area contributed by atoms with Gasteiger partial charge in [-0.15, -0.1) is 0 Å². The maximum absolute atomic E-state index is 4.51. The van der Waals surface area contributed by atoms with Crippen LogP contribution in [-0.4, -0.2) is 38.8 Å². The van der Waals surface area contributed by atoms with Crippen LogP contribution in [0.25, 0.3) is 11.4 Å². The molecule has 3 heterocycles. The molecule has 1 atom stereocenters. The molecule has 1 aliphatic heterocycles. The first-order valence-corrected chi connectivity index (χ1v) is 8.31. The van der Waals surface area contributed by atoms with Gasteiger partial charge in [0.2, 0.25) is 0 Å². The predicted molar refractivity (Wildman–Crippen MR) is 89.6 cm³/mol. The first-order chi connectivity index (χ1) is 10.6. The Kier molecular flexibility index (Phi) is 4.57. The molecule has 0 spiro atoms. The molecule has 0 aromatic carbocycles. The van der Waals surface area contributed by atoms with Crippen molar-refractivity contribution in [3.63, 3.8) is 0 Å². The summed E-state index contributed by atoms with van der Waals surface area (Å²) in [5.74, 6) is 0.762. The van der Waals surface area contributed by atoms with Gasteiger partial charge in [-0.3, -0.25) is 9.67 Å². The molecule has 4 nitrogen and oxygen atoms in total. The Balaban J connectivity index is 1.72. The smallest absolute Gasteiger partial charge is 0.0885 e. The highest BCUT2D eigenvalue weighted by atomic mass is 15.3. The van der Waals surface area contributed by atoms with E-state index in [1.54, 1.807) is 0 Å². The van der Waals surface area contributed by atoms with Gasteiger partial charge in [-0.05, 0) is 69.3 Å². The molecule has 0 radical (unpaired) electrons. The zero-order chi connectivity index (χ0) is 15.5. The fourth-order valence-corrected chi connectivity index (χ4v) is 3.43. The van der Waals surface area contributed by atoms with Gasteiger partial charge in [0.15, 0.2) is 0 Å². The van der Waals surface area contributed by atoms with Gasteiger partial charge in [-0.25, -0.2) is 0 Å². The molecule has 0 amide bonds. The van der Waals surface area contributed by atoms with Gasteiger partial charge in [0.05, 0.1) is 11.4 Å². The summed E-state index contributed by atoms with van der Waals surface area (Å²) >= 11 is 0. The normalized spacial score (nSPS) is 19.7. The van der Waals surface area contributed by atoms with E-state index in [0.717, 1.165) is 23.7 Å². The monoisotopic (exact) mass is 298 g/mol. The standard InChI is InChI=1S/C18H26N4/c1-14(2)22-10-4-5-16(13-22)11-15-6-8-19-17(12-15)18-7-9-20-21(18)3/h6-9,12,14,16H,4-5,10-11,13H2,1-3H3/t16-/m1/s1. The van der Waals surface area contributed by atoms with Crippen molar-refractivity contribution in [3.05, 3.63) is 36.2 Å². The number of likely N-dealkylation sites (tertiary alicyclic amines) is 1. The van der Waals surface area contributed by atoms with E-state index >= 15 is 0 Å². The fourth-order valence-electron chi connectivity index (χ4n) is 3.43. The summed E-state index contributed by atoms with van der Waals surface area (Å²) in [6.07, 6.45) is 7.57. The van der Waals surface area contributed by atoms with Crippen LogP contribution in [0, 0.1) is 5.92 Å². The molecular weight excluding hydrogens is 272 g/mol. The van der Waals surface area contributed by atoms with Crippen LogP contribution in [0.2, 0.25) is 0 Å². The average molecular weight is 298 g/mol. The molecule has 4 heteroatoms. The Labute approximate surface area is 133 Å². The molecule has 0 N–H and O–H groups in total. The van der Waals surface area contributed by atoms with Gasteiger partial charge in [0.25, 0.3) is 0 Å². The summed E-state index contributed by atoms with van der Waals surface area (Å²) in [6.45, 7) is 7.08. The molecule has 3 rings (SSSR count). The number of hydrogen-bond acceptors (Lipinski definition) is 3. The minimum Gasteiger partial charge on any atom is -0.301 e. The van der Waals surface area contributed by atoms with E-state index in [1.165, 1.54) is 31.5 Å². The number of nitrogens with zero attached hydrogens (tertiary/aromatic N) is 4. The van der Waals surface area contributed by atoms with Crippen molar-refractivity contribution < 1.29 is 0 Å². The highest BCUT2D eigenvalue weighted by Gasteiger charge is 2.22. The van der Waals surface area contributed by atoms with Crippen molar-refractivity contribution in [1.82, 2.24) is 19.7 Å². The van der Waals surface area contributed by atoms with Crippen molar-refractivity contribution in [2.24, 2.45) is 13.0 Å². The third kappa shape index (κ3) is 3.38. The minimum atomic E-state index is 0.658. The third-order valence-corrected chi connectivity index (χ3v) is 4.71. The summed E-state index contributed by atoms with van der Waals surface area (Å²) in [4.78, 5) is 7.12. The summed E-state index contributed by atoms with van der Waals surface area (Å²) in [6, 6.07) is 7.07. The molecule has 0 aliphatic carbocycles. The van der Waals surface area contributed by atoms with Gasteiger partial charge in [0.1, 0.15) is 0 Å². The van der Waals surface area contributed by atoms with Crippen molar-refractivity contribution in [2.45, 2.75) is 39.2 Å². The van der Waals surface area contributed by atoms with E-state index in [4.69, 9.17) is 0 Å². The molecule has 2 aromatic rings. The van der Waals surface area contributed by atoms with Gasteiger partial charge < -0.3 is 4.90 Å². The lowest BCUT2D eigenvalue weighted by Crippen LogP contribution is -2.40. The first-order valence-electron chi connectivity index (χ1n) is 8.31. The zero-order valence-electron chi connectivity index (χ0n) is 13.9. The van der Waals surface area contributed by atoms with E-state index < -0.39 is 0 Å². The minimum absolute atomic E-state index is 0.658. The lowest BCUT2D eigenvalue weighted by molar-refractivity contribution is 0.139. The zero-order valence-corrected chi connectivity index (χ0v) is 13.9. The van der Waals surface area contributed by atoms with Crippen LogP contribution in [0.3, 0.4) is 0 Å². The summed E-state index contributed by atoms with van der Waals surface area (Å²) < 4.78 is 1.88. The molecule has 0 bridgehead atoms. The molecule has 0 saturated carbocycles. The quantitative estimate of drug-likeness (QED) is 0.869. The second-order valence-electron chi connectivity index (χ2n) is 6.69. The molecule has 1 fully saturated rings. The van der Waals surface area contributed by atoms with Gasteiger partial charge in [0, 0.05) is 32.0 Å². The number of rotatable bonds is 4. The van der Waals surface area contributed by atoms with E-state index in [1.807, 2.05) is 30.2 Å². The second kappa shape index (κ2) is 6.61. The Bertz CT molecular complexity index is 617. The van der Waals surface area contributed by atoms with Gasteiger partial charge in [-0.2, -0.15) is 5.10 Å². The van der Waals surface area contributed by atoms with Crippen molar-refractivity contribution in [2.75, 3.05) is 13.1 Å². The van der Waals surface area contributed by atoms with E-state index in [-0.39, 0.29) is 0 Å². The average Bonchev–Trinajstić information content (AvgIpc) is 2.94. The molecule has 1 saturated heterocycles. The molecule has 0 unspecified atom stereocenters. The molecule has 1 aliphatic rings. The highest BCUT2D eigenvalue weighted by molar-refractivity contribution is 5.54. The Morgan fingerprint density at radius 2 is 2.14 bits per heavy atom. The molecule has 22 heavy (non-hydrogen) atoms. The van der Waals surface area contributed by atoms with Crippen LogP contribution in [0.1, 0.15) is 32.3 Å². The van der Waals surface area contributed by atoms with E-state index in [9.17, 15) is 0 Å². The maximum atomic E-state index is 4.51. The molecule has 118 valence electrons. The Hall–Kier alpha value is -1.68. The van der Waals surface area contributed by atoms with E-state index in [0.29, 0.717) is 6.04 Å². The second-order valence-corrected chi connectivity index (χ2v) is 6.69. The number of pyridine rings is 1. The SMILES string of the molecule is CC(C)N1CCC[C@H](Cc2ccnc(-c3ccnn3C)c2)C1. The first kappa shape index (κ1) is 15.2. The van der Waals surface area contributed by atoms with Crippen molar-refractivity contribution >= 4 is 0 Å². The van der Waals surface area contributed by atoms with Gasteiger partial charge >= 0.3 is 0 Å². The molecular formula is C18H26N4. The van der Waals surface area contributed by atoms with E-state index in [2.05, 4.69) is 41.0 Å². The number of piperidine rings is 1. The Morgan fingerprint density at radius 1 is 1.27 bits per heavy atom. The predicted octanol–water partition coefficient (Wildman–Crippen LogP) is 3.15. The van der Waals surface area contributed by atoms with Crippen LogP contribution < -0.4 is 0 Å². The summed E-state index contributed by atoms with van der Waals surface area (Å²) in [7, 11) is 1.96. The number of hydrogen-bond donors (Lipinski definition) is 0. The fraction of sp³-hybridized carbons (Fsp3) is 0.556. The number of aryl methyl sites for hydroxylation is 1.